The Morgan fingerprint density at radius 3 is 2.21 bits per heavy atom. The van der Waals surface area contributed by atoms with E-state index in [1.165, 1.54) is 11.1 Å². The summed E-state index contributed by atoms with van der Waals surface area (Å²) in [6.07, 6.45) is 1.07. The summed E-state index contributed by atoms with van der Waals surface area (Å²) < 4.78 is 0. The van der Waals surface area contributed by atoms with E-state index < -0.39 is 0 Å². The molecule has 0 heterocycles. The van der Waals surface area contributed by atoms with Crippen molar-refractivity contribution in [1.29, 1.82) is 0 Å². The summed E-state index contributed by atoms with van der Waals surface area (Å²) >= 11 is 0. The van der Waals surface area contributed by atoms with Gasteiger partial charge >= 0.3 is 0 Å². The molecule has 0 atom stereocenters. The Morgan fingerprint density at radius 2 is 1.79 bits per heavy atom. The number of aryl methyl sites for hydroxylation is 1. The molecule has 1 rings (SSSR count). The zero-order chi connectivity index (χ0) is 11.2. The van der Waals surface area contributed by atoms with Crippen LogP contribution >= 0.6 is 0 Å². The van der Waals surface area contributed by atoms with Gasteiger partial charge in [-0.1, -0.05) is 45.0 Å². The van der Waals surface area contributed by atoms with Crippen LogP contribution in [-0.2, 0) is 12.0 Å². The molecular weight excluding hydrogens is 170 g/mol. The van der Waals surface area contributed by atoms with E-state index in [4.69, 9.17) is 5.73 Å². The third-order valence-electron chi connectivity index (χ3n) is 2.08. The standard InChI is InChI=1S/C11H17N.C2H6/c1-4-9-6-5-7-10(8-9)11(2,3)12;1-2/h5-8H,4,12H2,1-3H3;1-2H3. The SMILES string of the molecule is CC.CCc1cccc(C(C)(C)N)c1. The largest absolute Gasteiger partial charge is 0.322 e. The van der Waals surface area contributed by atoms with Gasteiger partial charge in [-0.3, -0.25) is 0 Å². The first kappa shape index (κ1) is 13.2. The molecule has 80 valence electrons. The van der Waals surface area contributed by atoms with Gasteiger partial charge in [0.25, 0.3) is 0 Å². The van der Waals surface area contributed by atoms with Crippen LogP contribution in [-0.4, -0.2) is 0 Å². The maximum absolute atomic E-state index is 5.98. The molecule has 0 aliphatic rings. The van der Waals surface area contributed by atoms with Gasteiger partial charge < -0.3 is 5.73 Å². The minimum atomic E-state index is -0.217. The van der Waals surface area contributed by atoms with Gasteiger partial charge in [-0.25, -0.2) is 0 Å². The molecule has 0 fully saturated rings. The summed E-state index contributed by atoms with van der Waals surface area (Å²) in [6.45, 7) is 10.2. The number of benzene rings is 1. The molecule has 0 aliphatic carbocycles. The van der Waals surface area contributed by atoms with Crippen LogP contribution in [0.5, 0.6) is 0 Å². The molecule has 1 nitrogen and oxygen atoms in total. The van der Waals surface area contributed by atoms with Crippen molar-refractivity contribution in [3.05, 3.63) is 35.4 Å². The van der Waals surface area contributed by atoms with Crippen molar-refractivity contribution >= 4 is 0 Å². The van der Waals surface area contributed by atoms with Crippen LogP contribution in [0.4, 0.5) is 0 Å². The zero-order valence-electron chi connectivity index (χ0n) is 10.1. The number of rotatable bonds is 2. The number of nitrogens with two attached hydrogens (primary N) is 1. The predicted molar refractivity (Wildman–Crippen MR) is 64.4 cm³/mol. The predicted octanol–water partition coefficient (Wildman–Crippen LogP) is 3.47. The van der Waals surface area contributed by atoms with E-state index in [0.29, 0.717) is 0 Å². The normalized spacial score (nSPS) is 10.4. The Bertz CT molecular complexity index is 258. The van der Waals surface area contributed by atoms with Crippen molar-refractivity contribution in [2.75, 3.05) is 0 Å². The number of hydrogen-bond acceptors (Lipinski definition) is 1. The Kier molecular flexibility index (Phi) is 5.47. The van der Waals surface area contributed by atoms with E-state index in [9.17, 15) is 0 Å². The van der Waals surface area contributed by atoms with Crippen molar-refractivity contribution in [2.45, 2.75) is 46.6 Å². The second-order valence-electron chi connectivity index (χ2n) is 3.78. The first-order chi connectivity index (χ1) is 6.54. The van der Waals surface area contributed by atoms with Crippen LogP contribution in [0.1, 0.15) is 45.7 Å². The van der Waals surface area contributed by atoms with Crippen molar-refractivity contribution < 1.29 is 0 Å². The van der Waals surface area contributed by atoms with Crippen LogP contribution in [0.3, 0.4) is 0 Å². The van der Waals surface area contributed by atoms with Crippen molar-refractivity contribution in [2.24, 2.45) is 5.73 Å². The zero-order valence-corrected chi connectivity index (χ0v) is 10.1. The van der Waals surface area contributed by atoms with E-state index in [2.05, 4.69) is 31.2 Å². The average Bonchev–Trinajstić information content (AvgIpc) is 2.20. The van der Waals surface area contributed by atoms with Gasteiger partial charge in [0.05, 0.1) is 0 Å². The molecular formula is C13H23N. The third-order valence-corrected chi connectivity index (χ3v) is 2.08. The summed E-state index contributed by atoms with van der Waals surface area (Å²) in [4.78, 5) is 0. The Balaban J connectivity index is 0.000000791. The monoisotopic (exact) mass is 193 g/mol. The summed E-state index contributed by atoms with van der Waals surface area (Å²) in [6, 6.07) is 8.47. The van der Waals surface area contributed by atoms with Crippen LogP contribution in [0.15, 0.2) is 24.3 Å². The van der Waals surface area contributed by atoms with Gasteiger partial charge in [0, 0.05) is 5.54 Å². The van der Waals surface area contributed by atoms with Crippen LogP contribution in [0.2, 0.25) is 0 Å². The quantitative estimate of drug-likeness (QED) is 0.764. The molecule has 2 N–H and O–H groups in total. The van der Waals surface area contributed by atoms with Crippen molar-refractivity contribution in [3.8, 4) is 0 Å². The highest BCUT2D eigenvalue weighted by Gasteiger charge is 2.13. The van der Waals surface area contributed by atoms with E-state index in [0.717, 1.165) is 6.42 Å². The topological polar surface area (TPSA) is 26.0 Å². The Hall–Kier alpha value is -0.820. The maximum atomic E-state index is 5.98. The number of hydrogen-bond donors (Lipinski definition) is 1. The molecule has 1 aromatic carbocycles. The molecule has 0 saturated heterocycles. The lowest BCUT2D eigenvalue weighted by molar-refractivity contribution is 0.554. The molecule has 0 spiro atoms. The Labute approximate surface area is 88.3 Å². The first-order valence-electron chi connectivity index (χ1n) is 5.42. The maximum Gasteiger partial charge on any atom is 0.0352 e. The molecule has 0 aromatic heterocycles. The van der Waals surface area contributed by atoms with Gasteiger partial charge in [0.2, 0.25) is 0 Å². The molecule has 0 unspecified atom stereocenters. The molecule has 14 heavy (non-hydrogen) atoms. The van der Waals surface area contributed by atoms with Crippen molar-refractivity contribution in [3.63, 3.8) is 0 Å². The lowest BCUT2D eigenvalue weighted by Gasteiger charge is -2.19. The minimum absolute atomic E-state index is 0.217. The third kappa shape index (κ3) is 3.93. The molecule has 0 radical (unpaired) electrons. The van der Waals surface area contributed by atoms with Crippen LogP contribution < -0.4 is 5.73 Å². The lowest BCUT2D eigenvalue weighted by Crippen LogP contribution is -2.28. The van der Waals surface area contributed by atoms with E-state index in [1.807, 2.05) is 27.7 Å². The summed E-state index contributed by atoms with van der Waals surface area (Å²) in [5.41, 5.74) is 8.33. The van der Waals surface area contributed by atoms with Gasteiger partial charge in [-0.2, -0.15) is 0 Å². The smallest absolute Gasteiger partial charge is 0.0352 e. The summed E-state index contributed by atoms with van der Waals surface area (Å²) in [5.74, 6) is 0. The fourth-order valence-electron chi connectivity index (χ4n) is 1.19. The minimum Gasteiger partial charge on any atom is -0.322 e. The van der Waals surface area contributed by atoms with E-state index in [1.54, 1.807) is 0 Å². The summed E-state index contributed by atoms with van der Waals surface area (Å²) in [7, 11) is 0. The average molecular weight is 193 g/mol. The lowest BCUT2D eigenvalue weighted by atomic mass is 9.94. The van der Waals surface area contributed by atoms with Crippen LogP contribution in [0.25, 0.3) is 0 Å². The van der Waals surface area contributed by atoms with Gasteiger partial charge in [0.1, 0.15) is 0 Å². The van der Waals surface area contributed by atoms with Gasteiger partial charge in [-0.15, -0.1) is 0 Å². The fraction of sp³-hybridized carbons (Fsp3) is 0.538. The van der Waals surface area contributed by atoms with Gasteiger partial charge in [-0.05, 0) is 31.4 Å². The van der Waals surface area contributed by atoms with Crippen molar-refractivity contribution in [1.82, 2.24) is 0 Å². The first-order valence-corrected chi connectivity index (χ1v) is 5.42. The molecule has 1 aromatic rings. The second kappa shape index (κ2) is 5.82. The fourth-order valence-corrected chi connectivity index (χ4v) is 1.19. The van der Waals surface area contributed by atoms with E-state index in [-0.39, 0.29) is 5.54 Å². The van der Waals surface area contributed by atoms with E-state index >= 15 is 0 Å². The highest BCUT2D eigenvalue weighted by molar-refractivity contribution is 5.28. The molecule has 0 saturated carbocycles. The molecule has 0 aliphatic heterocycles. The molecule has 0 amide bonds. The molecule has 1 heteroatoms. The highest BCUT2D eigenvalue weighted by Crippen LogP contribution is 2.17. The second-order valence-corrected chi connectivity index (χ2v) is 3.78. The summed E-state index contributed by atoms with van der Waals surface area (Å²) in [5, 5.41) is 0. The van der Waals surface area contributed by atoms with Crippen LogP contribution in [0, 0.1) is 0 Å². The van der Waals surface area contributed by atoms with Gasteiger partial charge in [0.15, 0.2) is 0 Å². The Morgan fingerprint density at radius 1 is 1.21 bits per heavy atom. The molecule has 0 bridgehead atoms. The highest BCUT2D eigenvalue weighted by atomic mass is 14.7.